The van der Waals surface area contributed by atoms with E-state index < -0.39 is 0 Å². The Balaban J connectivity index is 1.24. The number of nitrogens with zero attached hydrogens (tertiary/aromatic N) is 3. The van der Waals surface area contributed by atoms with Gasteiger partial charge in [0.05, 0.1) is 21.0 Å². The van der Waals surface area contributed by atoms with Crippen LogP contribution in [0, 0.1) is 6.92 Å². The Morgan fingerprint density at radius 3 is 2.97 bits per heavy atom. The van der Waals surface area contributed by atoms with Crippen LogP contribution in [-0.4, -0.2) is 45.6 Å². The van der Waals surface area contributed by atoms with Gasteiger partial charge in [-0.05, 0) is 60.3 Å². The molecule has 1 aliphatic carbocycles. The van der Waals surface area contributed by atoms with E-state index in [1.54, 1.807) is 11.3 Å². The van der Waals surface area contributed by atoms with Crippen LogP contribution in [0.25, 0.3) is 15.5 Å². The second kappa shape index (κ2) is 7.26. The summed E-state index contributed by atoms with van der Waals surface area (Å²) >= 11 is 1.71. The fourth-order valence-corrected chi connectivity index (χ4v) is 6.81. The van der Waals surface area contributed by atoms with Crippen molar-refractivity contribution in [3.63, 3.8) is 0 Å². The zero-order valence-corrected chi connectivity index (χ0v) is 18.8. The SMILES string of the molecule is Cc1nc2ccc(C3=CC(=O)N4C=C(C5=CCN(C6CC6)CC5)C=CC4P3)cc2s1. The Kier molecular flexibility index (Phi) is 4.52. The van der Waals surface area contributed by atoms with Crippen LogP contribution in [0.15, 0.2) is 59.8 Å². The molecule has 4 heterocycles. The lowest BCUT2D eigenvalue weighted by Gasteiger charge is -2.35. The van der Waals surface area contributed by atoms with Gasteiger partial charge in [-0.1, -0.05) is 32.9 Å². The monoisotopic (exact) mass is 433 g/mol. The Hall–Kier alpha value is -2.07. The van der Waals surface area contributed by atoms with Crippen molar-refractivity contribution in [1.82, 2.24) is 14.8 Å². The highest BCUT2D eigenvalue weighted by atomic mass is 32.1. The Labute approximate surface area is 182 Å². The van der Waals surface area contributed by atoms with Crippen LogP contribution in [0.2, 0.25) is 0 Å². The normalized spacial score (nSPS) is 25.4. The van der Waals surface area contributed by atoms with Crippen molar-refractivity contribution in [2.24, 2.45) is 0 Å². The summed E-state index contributed by atoms with van der Waals surface area (Å²) in [6.45, 7) is 4.23. The predicted octanol–water partition coefficient (Wildman–Crippen LogP) is 5.04. The third-order valence-electron chi connectivity index (χ3n) is 6.34. The van der Waals surface area contributed by atoms with Gasteiger partial charge in [0.25, 0.3) is 5.91 Å². The molecular formula is C24H24N3OPS. The first kappa shape index (κ1) is 18.7. The van der Waals surface area contributed by atoms with Crippen molar-refractivity contribution in [2.45, 2.75) is 38.0 Å². The molecule has 6 rings (SSSR count). The fraction of sp³-hybridized carbons (Fsp3) is 0.333. The number of thiazole rings is 1. The second-order valence-corrected chi connectivity index (χ2v) is 11.1. The molecule has 4 aliphatic rings. The summed E-state index contributed by atoms with van der Waals surface area (Å²) in [6, 6.07) is 7.19. The highest BCUT2D eigenvalue weighted by Gasteiger charge is 2.32. The van der Waals surface area contributed by atoms with Crippen molar-refractivity contribution < 1.29 is 4.79 Å². The number of benzene rings is 1. The van der Waals surface area contributed by atoms with Crippen LogP contribution in [-0.2, 0) is 4.79 Å². The topological polar surface area (TPSA) is 36.4 Å². The van der Waals surface area contributed by atoms with Gasteiger partial charge in [0.1, 0.15) is 0 Å². The highest BCUT2D eigenvalue weighted by Crippen LogP contribution is 2.46. The Morgan fingerprint density at radius 1 is 1.27 bits per heavy atom. The summed E-state index contributed by atoms with van der Waals surface area (Å²) in [5.41, 5.74) is 4.78. The van der Waals surface area contributed by atoms with E-state index in [9.17, 15) is 4.79 Å². The predicted molar refractivity (Wildman–Crippen MR) is 126 cm³/mol. The number of fused-ring (bicyclic) bond motifs is 2. The number of allylic oxidation sites excluding steroid dienone is 2. The molecule has 0 bridgehead atoms. The minimum atomic E-state index is 0.0900. The first-order valence-electron chi connectivity index (χ1n) is 10.7. The zero-order chi connectivity index (χ0) is 20.2. The fourth-order valence-electron chi connectivity index (χ4n) is 4.56. The first-order valence-corrected chi connectivity index (χ1v) is 12.5. The quantitative estimate of drug-likeness (QED) is 0.637. The molecule has 2 atom stereocenters. The first-order chi connectivity index (χ1) is 14.6. The number of amides is 1. The lowest BCUT2D eigenvalue weighted by molar-refractivity contribution is -0.123. The number of carbonyl (C=O) groups excluding carboxylic acids is 1. The van der Waals surface area contributed by atoms with Gasteiger partial charge in [-0.25, -0.2) is 4.98 Å². The molecule has 1 aromatic heterocycles. The van der Waals surface area contributed by atoms with E-state index in [4.69, 9.17) is 0 Å². The van der Waals surface area contributed by atoms with Crippen LogP contribution in [0.1, 0.15) is 29.8 Å². The number of carbonyl (C=O) groups is 1. The maximum atomic E-state index is 13.0. The summed E-state index contributed by atoms with van der Waals surface area (Å²) in [5.74, 6) is 0.222. The van der Waals surface area contributed by atoms with Gasteiger partial charge >= 0.3 is 0 Å². The maximum absolute atomic E-state index is 13.0. The number of hydrogen-bond donors (Lipinski definition) is 0. The van der Waals surface area contributed by atoms with Gasteiger partial charge in [0, 0.05) is 31.4 Å². The Bertz CT molecular complexity index is 1170. The minimum absolute atomic E-state index is 0.0900. The minimum Gasteiger partial charge on any atom is -0.304 e. The maximum Gasteiger partial charge on any atom is 0.252 e. The van der Waals surface area contributed by atoms with Gasteiger partial charge < -0.3 is 4.90 Å². The molecule has 0 spiro atoms. The van der Waals surface area contributed by atoms with Crippen molar-refractivity contribution in [2.75, 3.05) is 13.1 Å². The van der Waals surface area contributed by atoms with E-state index in [0.717, 1.165) is 47.0 Å². The van der Waals surface area contributed by atoms with Crippen molar-refractivity contribution in [3.05, 3.63) is 70.4 Å². The Morgan fingerprint density at radius 2 is 2.17 bits per heavy atom. The molecule has 4 nitrogen and oxygen atoms in total. The molecule has 1 fully saturated rings. The van der Waals surface area contributed by atoms with Gasteiger partial charge in [-0.2, -0.15) is 0 Å². The largest absolute Gasteiger partial charge is 0.304 e. The molecule has 6 heteroatoms. The van der Waals surface area contributed by atoms with Crippen LogP contribution in [0.4, 0.5) is 0 Å². The summed E-state index contributed by atoms with van der Waals surface area (Å²) in [7, 11) is 0.555. The number of rotatable bonds is 3. The standard InChI is InChI=1S/C24H24N3OPS/c1-15-25-20-6-2-17(12-22(20)30-15)21-13-23(28)27-14-18(3-7-24(27)29-21)16-8-10-26(11-9-16)19-4-5-19/h2-3,6-8,12-14,19,24,29H,4-5,9-11H2,1H3. The number of aromatic nitrogens is 1. The van der Waals surface area contributed by atoms with Crippen LogP contribution in [0.3, 0.4) is 0 Å². The van der Waals surface area contributed by atoms with Crippen molar-refractivity contribution >= 4 is 41.4 Å². The van der Waals surface area contributed by atoms with E-state index >= 15 is 0 Å². The van der Waals surface area contributed by atoms with Crippen LogP contribution in [0.5, 0.6) is 0 Å². The van der Waals surface area contributed by atoms with Crippen LogP contribution >= 0.6 is 19.9 Å². The summed E-state index contributed by atoms with van der Waals surface area (Å²) in [4.78, 5) is 22.1. The van der Waals surface area contributed by atoms with Crippen molar-refractivity contribution in [1.29, 1.82) is 0 Å². The second-order valence-electron chi connectivity index (χ2n) is 8.46. The average Bonchev–Trinajstić information content (AvgIpc) is 3.54. The highest BCUT2D eigenvalue weighted by molar-refractivity contribution is 7.51. The smallest absolute Gasteiger partial charge is 0.252 e. The lowest BCUT2D eigenvalue weighted by atomic mass is 9.98. The third kappa shape index (κ3) is 3.39. The molecular weight excluding hydrogens is 409 g/mol. The lowest BCUT2D eigenvalue weighted by Crippen LogP contribution is -2.36. The van der Waals surface area contributed by atoms with E-state index in [1.165, 1.54) is 28.7 Å². The molecule has 3 aliphatic heterocycles. The average molecular weight is 434 g/mol. The summed E-state index contributed by atoms with van der Waals surface area (Å²) < 4.78 is 1.19. The van der Waals surface area contributed by atoms with E-state index in [-0.39, 0.29) is 11.7 Å². The van der Waals surface area contributed by atoms with Crippen molar-refractivity contribution in [3.8, 4) is 0 Å². The molecule has 0 N–H and O–H groups in total. The molecule has 1 amide bonds. The van der Waals surface area contributed by atoms with E-state index in [2.05, 4.69) is 52.5 Å². The molecule has 1 aromatic carbocycles. The molecule has 30 heavy (non-hydrogen) atoms. The summed E-state index contributed by atoms with van der Waals surface area (Å²) in [5, 5.41) is 2.22. The van der Waals surface area contributed by atoms with E-state index in [1.807, 2.05) is 17.9 Å². The van der Waals surface area contributed by atoms with Gasteiger partial charge in [0.2, 0.25) is 0 Å². The third-order valence-corrected chi connectivity index (χ3v) is 8.79. The molecule has 1 saturated carbocycles. The molecule has 2 aromatic rings. The number of hydrogen-bond acceptors (Lipinski definition) is 4. The van der Waals surface area contributed by atoms with Gasteiger partial charge in [-0.3, -0.25) is 9.69 Å². The van der Waals surface area contributed by atoms with Crippen LogP contribution < -0.4 is 0 Å². The van der Waals surface area contributed by atoms with Gasteiger partial charge in [0.15, 0.2) is 0 Å². The molecule has 0 radical (unpaired) electrons. The van der Waals surface area contributed by atoms with Gasteiger partial charge in [-0.15, -0.1) is 11.3 Å². The van der Waals surface area contributed by atoms with E-state index in [0.29, 0.717) is 8.58 Å². The molecule has 152 valence electrons. The molecule has 0 saturated heterocycles. The summed E-state index contributed by atoms with van der Waals surface area (Å²) in [6.07, 6.45) is 14.5. The number of aryl methyl sites for hydroxylation is 1. The zero-order valence-electron chi connectivity index (χ0n) is 17.0. The molecule has 2 unspecified atom stereocenters.